The molecular weight excluding hydrogens is 471 g/mol. The summed E-state index contributed by atoms with van der Waals surface area (Å²) in [5.74, 6) is -1.54. The zero-order chi connectivity index (χ0) is 24.8. The second kappa shape index (κ2) is 11.4. The first-order valence-electron chi connectivity index (χ1n) is 10.2. The molecule has 0 aliphatic rings. The van der Waals surface area contributed by atoms with Crippen LogP contribution in [-0.4, -0.2) is 63.2 Å². The van der Waals surface area contributed by atoms with Gasteiger partial charge in [-0.05, 0) is 42.3 Å². The van der Waals surface area contributed by atoms with Crippen molar-refractivity contribution in [3.63, 3.8) is 0 Å². The summed E-state index contributed by atoms with van der Waals surface area (Å²) >= 11 is 6.28. The van der Waals surface area contributed by atoms with Gasteiger partial charge in [0.1, 0.15) is 18.4 Å². The Kier molecular flexibility index (Phi) is 9.21. The standard InChI is InChI=1S/C22H28ClFN4O4S/c1-5-20(22(30)25-2)27(14-16-8-6-7-9-19(16)23)21(29)15-28(33(31,32)26(3)4)18-12-10-17(24)11-13-18/h6-13,20H,5,14-15H2,1-4H3,(H,25,30)/t20-/m0/s1. The third-order valence-corrected chi connectivity index (χ3v) is 7.25. The fourth-order valence-corrected chi connectivity index (χ4v) is 4.47. The molecule has 0 aliphatic heterocycles. The molecule has 0 aliphatic carbocycles. The lowest BCUT2D eigenvalue weighted by Crippen LogP contribution is -2.53. The quantitative estimate of drug-likeness (QED) is 0.545. The lowest BCUT2D eigenvalue weighted by molar-refractivity contribution is -0.140. The fourth-order valence-electron chi connectivity index (χ4n) is 3.22. The Morgan fingerprint density at radius 3 is 2.21 bits per heavy atom. The minimum atomic E-state index is -4.10. The van der Waals surface area contributed by atoms with Crippen molar-refractivity contribution in [2.45, 2.75) is 25.9 Å². The first kappa shape index (κ1) is 26.6. The van der Waals surface area contributed by atoms with Gasteiger partial charge in [0.25, 0.3) is 0 Å². The van der Waals surface area contributed by atoms with Crippen LogP contribution >= 0.6 is 11.6 Å². The SMILES string of the molecule is CC[C@@H](C(=O)NC)N(Cc1ccccc1Cl)C(=O)CN(c1ccc(F)cc1)S(=O)(=O)N(C)C. The van der Waals surface area contributed by atoms with Gasteiger partial charge >= 0.3 is 10.2 Å². The molecule has 2 rings (SSSR count). The number of anilines is 1. The van der Waals surface area contributed by atoms with Crippen molar-refractivity contribution in [3.8, 4) is 0 Å². The number of benzene rings is 2. The average molecular weight is 499 g/mol. The highest BCUT2D eigenvalue weighted by atomic mass is 35.5. The van der Waals surface area contributed by atoms with Crippen LogP contribution in [0.25, 0.3) is 0 Å². The van der Waals surface area contributed by atoms with Crippen LogP contribution in [0.5, 0.6) is 0 Å². The number of hydrogen-bond acceptors (Lipinski definition) is 4. The van der Waals surface area contributed by atoms with Gasteiger partial charge in [-0.25, -0.2) is 8.70 Å². The highest BCUT2D eigenvalue weighted by Crippen LogP contribution is 2.23. The van der Waals surface area contributed by atoms with Gasteiger partial charge in [-0.2, -0.15) is 12.7 Å². The van der Waals surface area contributed by atoms with E-state index in [4.69, 9.17) is 11.6 Å². The molecule has 0 radical (unpaired) electrons. The molecule has 2 aromatic rings. The summed E-state index contributed by atoms with van der Waals surface area (Å²) in [5.41, 5.74) is 0.725. The van der Waals surface area contributed by atoms with Crippen molar-refractivity contribution in [1.82, 2.24) is 14.5 Å². The molecule has 11 heteroatoms. The van der Waals surface area contributed by atoms with Gasteiger partial charge in [0, 0.05) is 32.7 Å². The monoisotopic (exact) mass is 498 g/mol. The van der Waals surface area contributed by atoms with Crippen molar-refractivity contribution >= 4 is 39.3 Å². The molecule has 2 aromatic carbocycles. The number of likely N-dealkylation sites (N-methyl/N-ethyl adjacent to an activating group) is 1. The summed E-state index contributed by atoms with van der Waals surface area (Å²) in [6, 6.07) is 10.8. The smallest absolute Gasteiger partial charge is 0.304 e. The Morgan fingerprint density at radius 2 is 1.70 bits per heavy atom. The van der Waals surface area contributed by atoms with Crippen molar-refractivity contribution in [2.75, 3.05) is 32.0 Å². The zero-order valence-electron chi connectivity index (χ0n) is 19.0. The number of halogens is 2. The van der Waals surface area contributed by atoms with E-state index in [0.717, 1.165) is 20.7 Å². The van der Waals surface area contributed by atoms with E-state index >= 15 is 0 Å². The molecule has 0 spiro atoms. The predicted octanol–water partition coefficient (Wildman–Crippen LogP) is 2.65. The molecule has 1 N–H and O–H groups in total. The van der Waals surface area contributed by atoms with Crippen molar-refractivity contribution < 1.29 is 22.4 Å². The van der Waals surface area contributed by atoms with E-state index in [1.807, 2.05) is 0 Å². The molecule has 0 aromatic heterocycles. The second-order valence-corrected chi connectivity index (χ2v) is 9.90. The van der Waals surface area contributed by atoms with Crippen LogP contribution < -0.4 is 9.62 Å². The lowest BCUT2D eigenvalue weighted by atomic mass is 10.1. The minimum absolute atomic E-state index is 0.00367. The summed E-state index contributed by atoms with van der Waals surface area (Å²) in [7, 11) is 0.0213. The average Bonchev–Trinajstić information content (AvgIpc) is 2.78. The van der Waals surface area contributed by atoms with Crippen molar-refractivity contribution in [2.24, 2.45) is 0 Å². The lowest BCUT2D eigenvalue weighted by Gasteiger charge is -2.33. The maximum atomic E-state index is 13.5. The fraction of sp³-hybridized carbons (Fsp3) is 0.364. The summed E-state index contributed by atoms with van der Waals surface area (Å²) in [6.07, 6.45) is 0.298. The largest absolute Gasteiger partial charge is 0.357 e. The van der Waals surface area contributed by atoms with Crippen LogP contribution in [0.4, 0.5) is 10.1 Å². The minimum Gasteiger partial charge on any atom is -0.357 e. The number of carbonyl (C=O) groups is 2. The highest BCUT2D eigenvalue weighted by molar-refractivity contribution is 7.90. The Hall–Kier alpha value is -2.69. The zero-order valence-corrected chi connectivity index (χ0v) is 20.5. The van der Waals surface area contributed by atoms with Crippen LogP contribution in [0.1, 0.15) is 18.9 Å². The normalized spacial score (nSPS) is 12.3. The molecule has 0 saturated carbocycles. The van der Waals surface area contributed by atoms with Gasteiger partial charge in [-0.3, -0.25) is 9.59 Å². The molecule has 0 bridgehead atoms. The van der Waals surface area contributed by atoms with Crippen LogP contribution in [0, 0.1) is 5.82 Å². The summed E-state index contributed by atoms with van der Waals surface area (Å²) in [4.78, 5) is 27.4. The third-order valence-electron chi connectivity index (χ3n) is 5.06. The van der Waals surface area contributed by atoms with Crippen LogP contribution in [0.3, 0.4) is 0 Å². The van der Waals surface area contributed by atoms with Gasteiger partial charge < -0.3 is 10.2 Å². The van der Waals surface area contributed by atoms with Crippen molar-refractivity contribution in [1.29, 1.82) is 0 Å². The van der Waals surface area contributed by atoms with E-state index in [9.17, 15) is 22.4 Å². The van der Waals surface area contributed by atoms with E-state index in [-0.39, 0.29) is 18.1 Å². The van der Waals surface area contributed by atoms with Crippen molar-refractivity contribution in [3.05, 3.63) is 64.9 Å². The van der Waals surface area contributed by atoms with Gasteiger partial charge in [0.2, 0.25) is 11.8 Å². The number of amides is 2. The predicted molar refractivity (Wildman–Crippen MR) is 127 cm³/mol. The highest BCUT2D eigenvalue weighted by Gasteiger charge is 2.33. The second-order valence-electron chi connectivity index (χ2n) is 7.42. The van der Waals surface area contributed by atoms with Crippen LogP contribution in [0.2, 0.25) is 5.02 Å². The van der Waals surface area contributed by atoms with E-state index in [0.29, 0.717) is 17.0 Å². The number of carbonyl (C=O) groups excluding carboxylic acids is 2. The van der Waals surface area contributed by atoms with E-state index < -0.39 is 34.5 Å². The first-order valence-corrected chi connectivity index (χ1v) is 12.0. The van der Waals surface area contributed by atoms with Gasteiger partial charge in [-0.15, -0.1) is 0 Å². The molecule has 0 unspecified atom stereocenters. The molecule has 33 heavy (non-hydrogen) atoms. The summed E-state index contributed by atoms with van der Waals surface area (Å²) in [6.45, 7) is 1.16. The number of nitrogens with zero attached hydrogens (tertiary/aromatic N) is 3. The number of rotatable bonds is 10. The van der Waals surface area contributed by atoms with E-state index in [1.165, 1.54) is 38.2 Å². The Balaban J connectivity index is 2.50. The molecule has 2 amide bonds. The van der Waals surface area contributed by atoms with Gasteiger partial charge in [0.05, 0.1) is 5.69 Å². The molecule has 0 heterocycles. The van der Waals surface area contributed by atoms with E-state index in [1.54, 1.807) is 31.2 Å². The Bertz CT molecular complexity index is 1080. The summed E-state index contributed by atoms with van der Waals surface area (Å²) < 4.78 is 41.3. The summed E-state index contributed by atoms with van der Waals surface area (Å²) in [5, 5.41) is 2.96. The Labute approximate surface area is 199 Å². The van der Waals surface area contributed by atoms with E-state index in [2.05, 4.69) is 5.32 Å². The molecule has 180 valence electrons. The number of hydrogen-bond donors (Lipinski definition) is 1. The molecule has 0 saturated heterocycles. The molecule has 0 fully saturated rings. The molecule has 1 atom stereocenters. The molecule has 8 nitrogen and oxygen atoms in total. The maximum absolute atomic E-state index is 13.5. The Morgan fingerprint density at radius 1 is 1.09 bits per heavy atom. The van der Waals surface area contributed by atoms with Crippen LogP contribution in [-0.2, 0) is 26.3 Å². The topological polar surface area (TPSA) is 90.0 Å². The maximum Gasteiger partial charge on any atom is 0.304 e. The van der Waals surface area contributed by atoms with Gasteiger partial charge in [0.15, 0.2) is 0 Å². The third kappa shape index (κ3) is 6.43. The number of nitrogens with one attached hydrogen (secondary N) is 1. The van der Waals surface area contributed by atoms with Gasteiger partial charge in [-0.1, -0.05) is 36.7 Å². The van der Waals surface area contributed by atoms with Crippen LogP contribution in [0.15, 0.2) is 48.5 Å². The first-order chi connectivity index (χ1) is 15.5. The molecular formula is C22H28ClFN4O4S.